The van der Waals surface area contributed by atoms with E-state index in [4.69, 9.17) is 9.47 Å². The van der Waals surface area contributed by atoms with Gasteiger partial charge in [-0.2, -0.15) is 0 Å². The van der Waals surface area contributed by atoms with Gasteiger partial charge in [0.2, 0.25) is 11.8 Å². The van der Waals surface area contributed by atoms with Crippen LogP contribution in [0.25, 0.3) is 0 Å². The molecule has 2 bridgehead atoms. The number of allylic oxidation sites excluding steroid dienone is 1. The molecule has 3 saturated heterocycles. The maximum Gasteiger partial charge on any atom is 0.312 e. The van der Waals surface area contributed by atoms with Gasteiger partial charge >= 0.3 is 5.97 Å². The summed E-state index contributed by atoms with van der Waals surface area (Å²) in [5, 5.41) is 10.5. The molecule has 39 heavy (non-hydrogen) atoms. The molecule has 0 saturated carbocycles. The van der Waals surface area contributed by atoms with Crippen LogP contribution in [0.1, 0.15) is 80.6 Å². The second kappa shape index (κ2) is 11.7. The molecule has 0 aromatic rings. The van der Waals surface area contributed by atoms with Gasteiger partial charge < -0.3 is 24.4 Å². The lowest BCUT2D eigenvalue weighted by Crippen LogP contribution is -2.62. The highest BCUT2D eigenvalue weighted by atomic mass is 16.6. The van der Waals surface area contributed by atoms with Gasteiger partial charge in [-0.05, 0) is 65.2 Å². The zero-order valence-electron chi connectivity index (χ0n) is 25.1. The van der Waals surface area contributed by atoms with Crippen molar-refractivity contribution in [2.45, 2.75) is 109 Å². The number of ether oxygens (including phenoxy) is 2. The number of carbonyl (C=O) groups is 3. The van der Waals surface area contributed by atoms with Gasteiger partial charge in [0.15, 0.2) is 0 Å². The quantitative estimate of drug-likeness (QED) is 0.212. The van der Waals surface area contributed by atoms with Gasteiger partial charge in [-0.1, -0.05) is 39.3 Å². The highest BCUT2D eigenvalue weighted by Gasteiger charge is 2.81. The number of likely N-dealkylation sites (tertiary alicyclic amines) is 1. The zero-order chi connectivity index (χ0) is 29.3. The molecule has 3 rings (SSSR count). The van der Waals surface area contributed by atoms with Gasteiger partial charge in [-0.15, -0.1) is 13.2 Å². The molecule has 3 unspecified atom stereocenters. The van der Waals surface area contributed by atoms with Crippen molar-refractivity contribution in [3.05, 3.63) is 25.3 Å². The van der Waals surface area contributed by atoms with Gasteiger partial charge in [0, 0.05) is 12.1 Å². The average molecular weight is 547 g/mol. The van der Waals surface area contributed by atoms with Crippen LogP contribution >= 0.6 is 0 Å². The van der Waals surface area contributed by atoms with E-state index in [0.29, 0.717) is 25.8 Å². The Morgan fingerprint density at radius 3 is 2.49 bits per heavy atom. The summed E-state index contributed by atoms with van der Waals surface area (Å²) in [7, 11) is 0. The molecule has 0 aromatic heterocycles. The van der Waals surface area contributed by atoms with Crippen LogP contribution < -0.4 is 0 Å². The van der Waals surface area contributed by atoms with E-state index in [-0.39, 0.29) is 36.9 Å². The lowest BCUT2D eigenvalue weighted by molar-refractivity contribution is -0.165. The Balaban J connectivity index is 2.11. The summed E-state index contributed by atoms with van der Waals surface area (Å²) in [5.74, 6) is -2.80. The number of esters is 1. The molecule has 3 heterocycles. The largest absolute Gasteiger partial charge is 0.465 e. The number of aliphatic hydroxyl groups is 1. The Labute approximate surface area is 234 Å². The smallest absolute Gasteiger partial charge is 0.312 e. The highest BCUT2D eigenvalue weighted by molar-refractivity contribution is 5.99. The van der Waals surface area contributed by atoms with Crippen LogP contribution in [0.5, 0.6) is 0 Å². The maximum absolute atomic E-state index is 14.6. The molecule has 0 radical (unpaired) electrons. The summed E-state index contributed by atoms with van der Waals surface area (Å²) in [6.07, 6.45) is 7.12. The van der Waals surface area contributed by atoms with Crippen LogP contribution in [0.4, 0.5) is 0 Å². The third-order valence-corrected chi connectivity index (χ3v) is 9.52. The van der Waals surface area contributed by atoms with Crippen molar-refractivity contribution in [1.82, 2.24) is 9.80 Å². The second-order valence-electron chi connectivity index (χ2n) is 12.9. The Hall–Kier alpha value is -2.19. The summed E-state index contributed by atoms with van der Waals surface area (Å²) in [6, 6.07) is -1.54. The number of hydrogen-bond acceptors (Lipinski definition) is 6. The van der Waals surface area contributed by atoms with Gasteiger partial charge in [0.25, 0.3) is 0 Å². The maximum atomic E-state index is 14.6. The number of nitrogens with zero attached hydrogens (tertiary/aromatic N) is 2. The number of amides is 2. The number of hydrogen-bond donors (Lipinski definition) is 1. The molecule has 8 nitrogen and oxygen atoms in total. The fourth-order valence-electron chi connectivity index (χ4n) is 7.11. The number of carbonyl (C=O) groups excluding carboxylic acids is 3. The molecule has 1 N–H and O–H groups in total. The minimum Gasteiger partial charge on any atom is -0.465 e. The minimum atomic E-state index is -1.18. The predicted octanol–water partition coefficient (Wildman–Crippen LogP) is 4.12. The van der Waals surface area contributed by atoms with Gasteiger partial charge in [-0.25, -0.2) is 0 Å². The first-order chi connectivity index (χ1) is 18.3. The lowest BCUT2D eigenvalue weighted by Gasteiger charge is -2.44. The number of rotatable bonds is 13. The summed E-state index contributed by atoms with van der Waals surface area (Å²) < 4.78 is 12.6. The Bertz CT molecular complexity index is 959. The van der Waals surface area contributed by atoms with Crippen LogP contribution in [-0.2, 0) is 23.9 Å². The van der Waals surface area contributed by atoms with Gasteiger partial charge in [-0.3, -0.25) is 14.4 Å². The van der Waals surface area contributed by atoms with Crippen molar-refractivity contribution in [3.8, 4) is 0 Å². The molecule has 0 aliphatic carbocycles. The molecule has 8 atom stereocenters. The van der Waals surface area contributed by atoms with E-state index in [0.717, 1.165) is 12.8 Å². The van der Waals surface area contributed by atoms with Crippen molar-refractivity contribution in [3.63, 3.8) is 0 Å². The molecule has 1 spiro atoms. The van der Waals surface area contributed by atoms with E-state index in [9.17, 15) is 19.5 Å². The molecule has 2 amide bonds. The topological polar surface area (TPSA) is 96.4 Å². The Morgan fingerprint density at radius 2 is 1.95 bits per heavy atom. The molecule has 3 fully saturated rings. The van der Waals surface area contributed by atoms with Crippen LogP contribution in [-0.4, -0.2) is 81.3 Å². The first kappa shape index (κ1) is 31.3. The minimum absolute atomic E-state index is 0.0626. The van der Waals surface area contributed by atoms with E-state index in [1.54, 1.807) is 15.9 Å². The van der Waals surface area contributed by atoms with E-state index < -0.39 is 46.6 Å². The summed E-state index contributed by atoms with van der Waals surface area (Å²) in [6.45, 7) is 21.6. The molecule has 0 aromatic carbocycles. The first-order valence-corrected chi connectivity index (χ1v) is 14.6. The molecular formula is C31H50N2O6. The van der Waals surface area contributed by atoms with Crippen molar-refractivity contribution >= 4 is 17.8 Å². The van der Waals surface area contributed by atoms with E-state index in [1.165, 1.54) is 0 Å². The fourth-order valence-corrected chi connectivity index (χ4v) is 7.11. The van der Waals surface area contributed by atoms with Crippen LogP contribution in [0.2, 0.25) is 0 Å². The SMILES string of the molecule is C=CCCCCOC(=O)[C@@H]1[C@H]2C(=O)N([C@@H](CO)[C@@H](C)CC)C(C(=O)N(CC=C)C(C)(C)C)C23CC(C)[C@@]1(C)O3. The molecule has 8 heteroatoms. The summed E-state index contributed by atoms with van der Waals surface area (Å²) in [4.78, 5) is 46.0. The average Bonchev–Trinajstić information content (AvgIpc) is 3.38. The number of fused-ring (bicyclic) bond motifs is 1. The van der Waals surface area contributed by atoms with Crippen molar-refractivity contribution in [2.24, 2.45) is 23.7 Å². The first-order valence-electron chi connectivity index (χ1n) is 14.6. The summed E-state index contributed by atoms with van der Waals surface area (Å²) in [5.41, 5.74) is -2.66. The predicted molar refractivity (Wildman–Crippen MR) is 151 cm³/mol. The van der Waals surface area contributed by atoms with Crippen molar-refractivity contribution in [2.75, 3.05) is 19.8 Å². The van der Waals surface area contributed by atoms with Crippen LogP contribution in [0.15, 0.2) is 25.3 Å². The third-order valence-electron chi connectivity index (χ3n) is 9.52. The monoisotopic (exact) mass is 546 g/mol. The van der Waals surface area contributed by atoms with E-state index >= 15 is 0 Å². The molecule has 3 aliphatic rings. The van der Waals surface area contributed by atoms with Crippen LogP contribution in [0, 0.1) is 23.7 Å². The van der Waals surface area contributed by atoms with Gasteiger partial charge in [0.1, 0.15) is 17.6 Å². The molecule has 3 aliphatic heterocycles. The van der Waals surface area contributed by atoms with Crippen molar-refractivity contribution < 1.29 is 29.0 Å². The number of unbranched alkanes of at least 4 members (excludes halogenated alkanes) is 2. The normalized spacial score (nSPS) is 33.0. The zero-order valence-corrected chi connectivity index (χ0v) is 25.1. The Morgan fingerprint density at radius 1 is 1.28 bits per heavy atom. The second-order valence-corrected chi connectivity index (χ2v) is 12.9. The third kappa shape index (κ3) is 5.19. The molecule has 220 valence electrons. The lowest BCUT2D eigenvalue weighted by atomic mass is 9.62. The van der Waals surface area contributed by atoms with Gasteiger partial charge in [0.05, 0.1) is 30.8 Å². The Kier molecular flexibility index (Phi) is 9.43. The number of aliphatic hydroxyl groups excluding tert-OH is 1. The fraction of sp³-hybridized carbons (Fsp3) is 0.774. The summed E-state index contributed by atoms with van der Waals surface area (Å²) >= 11 is 0. The van der Waals surface area contributed by atoms with E-state index in [1.807, 2.05) is 54.5 Å². The van der Waals surface area contributed by atoms with Crippen molar-refractivity contribution in [1.29, 1.82) is 0 Å². The standard InChI is InChI=1S/C31H50N2O6/c1-10-13-14-15-17-38-28(37)24-23-26(35)33(22(19-34)20(4)12-3)25(27(36)32(16-11-2)29(6,7)8)31(23)18-21(5)30(24,9)39-31/h10-11,20-25,34H,1-2,12-19H2,3-9H3/t20-,21?,22-,23-,24-,25?,30+,31?/m0/s1. The highest BCUT2D eigenvalue weighted by Crippen LogP contribution is 2.66. The van der Waals surface area contributed by atoms with E-state index in [2.05, 4.69) is 13.2 Å². The van der Waals surface area contributed by atoms with Crippen LogP contribution in [0.3, 0.4) is 0 Å². The molecular weight excluding hydrogens is 496 g/mol.